The van der Waals surface area contributed by atoms with Gasteiger partial charge in [-0.1, -0.05) is 29.8 Å². The first-order valence-corrected chi connectivity index (χ1v) is 9.26. The lowest BCUT2D eigenvalue weighted by molar-refractivity contribution is 0.0526. The molecule has 1 heterocycles. The van der Waals surface area contributed by atoms with Gasteiger partial charge in [-0.05, 0) is 49.7 Å². The molecule has 0 saturated heterocycles. The van der Waals surface area contributed by atoms with Crippen molar-refractivity contribution in [2.45, 2.75) is 20.4 Å². The maximum absolute atomic E-state index is 12.4. The van der Waals surface area contributed by atoms with E-state index in [9.17, 15) is 9.59 Å². The molecular weight excluding hydrogens is 368 g/mol. The van der Waals surface area contributed by atoms with Crippen LogP contribution >= 0.6 is 0 Å². The summed E-state index contributed by atoms with van der Waals surface area (Å²) >= 11 is 0. The second kappa shape index (κ2) is 9.45. The van der Waals surface area contributed by atoms with Gasteiger partial charge in [0, 0.05) is 18.4 Å². The minimum absolute atomic E-state index is 0.262. The largest absolute Gasteiger partial charge is 0.462 e. The smallest absolute Gasteiger partial charge is 0.338 e. The maximum atomic E-state index is 12.4. The number of aryl methyl sites for hydroxylation is 1. The number of benzene rings is 2. The Morgan fingerprint density at radius 1 is 1.00 bits per heavy atom. The molecule has 7 nitrogen and oxygen atoms in total. The number of nitrogens with one attached hydrogen (secondary N) is 2. The summed E-state index contributed by atoms with van der Waals surface area (Å²) in [4.78, 5) is 32.5. The van der Waals surface area contributed by atoms with Gasteiger partial charge in [-0.2, -0.15) is 0 Å². The fourth-order valence-electron chi connectivity index (χ4n) is 2.56. The Labute approximate surface area is 169 Å². The summed E-state index contributed by atoms with van der Waals surface area (Å²) in [6.45, 7) is 4.52. The highest BCUT2D eigenvalue weighted by Gasteiger charge is 2.10. The second-order valence-corrected chi connectivity index (χ2v) is 6.36. The Morgan fingerprint density at radius 2 is 1.72 bits per heavy atom. The highest BCUT2D eigenvalue weighted by Crippen LogP contribution is 2.15. The van der Waals surface area contributed by atoms with Crippen molar-refractivity contribution in [3.63, 3.8) is 0 Å². The number of hydrogen-bond acceptors (Lipinski definition) is 6. The lowest BCUT2D eigenvalue weighted by Crippen LogP contribution is -2.24. The molecule has 3 rings (SSSR count). The lowest BCUT2D eigenvalue weighted by atomic mass is 10.1. The number of rotatable bonds is 7. The minimum Gasteiger partial charge on any atom is -0.462 e. The SMILES string of the molecule is CCOC(=O)c1ccc(Nc2nccc(C(=O)NCc3ccc(C)cc3)n2)cc1. The van der Waals surface area contributed by atoms with Gasteiger partial charge in [0.15, 0.2) is 0 Å². The van der Waals surface area contributed by atoms with E-state index in [0.29, 0.717) is 24.4 Å². The Morgan fingerprint density at radius 3 is 2.41 bits per heavy atom. The van der Waals surface area contributed by atoms with Crippen LogP contribution in [0.3, 0.4) is 0 Å². The van der Waals surface area contributed by atoms with Crippen LogP contribution in [-0.4, -0.2) is 28.5 Å². The molecule has 0 bridgehead atoms. The molecule has 0 aliphatic heterocycles. The number of anilines is 2. The zero-order valence-electron chi connectivity index (χ0n) is 16.3. The normalized spacial score (nSPS) is 10.3. The summed E-state index contributed by atoms with van der Waals surface area (Å²) in [6, 6.07) is 16.3. The number of aromatic nitrogens is 2. The van der Waals surface area contributed by atoms with E-state index >= 15 is 0 Å². The van der Waals surface area contributed by atoms with Gasteiger partial charge in [0.2, 0.25) is 5.95 Å². The van der Waals surface area contributed by atoms with Gasteiger partial charge in [-0.15, -0.1) is 0 Å². The van der Waals surface area contributed by atoms with E-state index in [1.54, 1.807) is 37.3 Å². The average Bonchev–Trinajstić information content (AvgIpc) is 2.74. The molecule has 29 heavy (non-hydrogen) atoms. The molecule has 0 spiro atoms. The van der Waals surface area contributed by atoms with Gasteiger partial charge in [-0.25, -0.2) is 14.8 Å². The van der Waals surface area contributed by atoms with Crippen molar-refractivity contribution in [2.75, 3.05) is 11.9 Å². The molecule has 0 atom stereocenters. The van der Waals surface area contributed by atoms with E-state index in [-0.39, 0.29) is 23.5 Å². The van der Waals surface area contributed by atoms with Crippen molar-refractivity contribution in [1.82, 2.24) is 15.3 Å². The van der Waals surface area contributed by atoms with Crippen molar-refractivity contribution < 1.29 is 14.3 Å². The molecule has 0 saturated carbocycles. The molecule has 1 amide bonds. The zero-order chi connectivity index (χ0) is 20.6. The number of amides is 1. The van der Waals surface area contributed by atoms with E-state index in [1.165, 1.54) is 11.8 Å². The lowest BCUT2D eigenvalue weighted by Gasteiger charge is -2.08. The van der Waals surface area contributed by atoms with Gasteiger partial charge in [0.25, 0.3) is 5.91 Å². The molecule has 2 aromatic carbocycles. The van der Waals surface area contributed by atoms with Crippen LogP contribution < -0.4 is 10.6 Å². The van der Waals surface area contributed by atoms with Crippen molar-refractivity contribution in [3.8, 4) is 0 Å². The molecule has 3 aromatic rings. The van der Waals surface area contributed by atoms with E-state index < -0.39 is 0 Å². The third-order valence-corrected chi connectivity index (χ3v) is 4.11. The summed E-state index contributed by atoms with van der Waals surface area (Å²) < 4.78 is 4.96. The molecular formula is C22H22N4O3. The third-order valence-electron chi connectivity index (χ3n) is 4.11. The van der Waals surface area contributed by atoms with Crippen LogP contribution in [0, 0.1) is 6.92 Å². The minimum atomic E-state index is -0.373. The number of hydrogen-bond donors (Lipinski definition) is 2. The zero-order valence-corrected chi connectivity index (χ0v) is 16.3. The number of carbonyl (C=O) groups excluding carboxylic acids is 2. The maximum Gasteiger partial charge on any atom is 0.338 e. The number of ether oxygens (including phenoxy) is 1. The van der Waals surface area contributed by atoms with E-state index in [1.807, 2.05) is 31.2 Å². The predicted molar refractivity (Wildman–Crippen MR) is 110 cm³/mol. The fourth-order valence-corrected chi connectivity index (χ4v) is 2.56. The second-order valence-electron chi connectivity index (χ2n) is 6.36. The Kier molecular flexibility index (Phi) is 6.52. The quantitative estimate of drug-likeness (QED) is 0.599. The molecule has 0 fully saturated rings. The van der Waals surface area contributed by atoms with Crippen molar-refractivity contribution in [2.24, 2.45) is 0 Å². The number of esters is 1. The molecule has 148 valence electrons. The first-order chi connectivity index (χ1) is 14.0. The molecule has 0 aliphatic rings. The van der Waals surface area contributed by atoms with Gasteiger partial charge in [0.05, 0.1) is 12.2 Å². The Bertz CT molecular complexity index is 986. The summed E-state index contributed by atoms with van der Waals surface area (Å²) in [5, 5.41) is 5.87. The molecule has 2 N–H and O–H groups in total. The standard InChI is InChI=1S/C22H22N4O3/c1-3-29-21(28)17-8-10-18(11-9-17)25-22-23-13-12-19(26-22)20(27)24-14-16-6-4-15(2)5-7-16/h4-13H,3,14H2,1-2H3,(H,24,27)(H,23,25,26). The summed E-state index contributed by atoms with van der Waals surface area (Å²) in [5.41, 5.74) is 3.59. The van der Waals surface area contributed by atoms with Crippen LogP contribution in [0.4, 0.5) is 11.6 Å². The van der Waals surface area contributed by atoms with Gasteiger partial charge >= 0.3 is 5.97 Å². The molecule has 0 unspecified atom stereocenters. The fraction of sp³-hybridized carbons (Fsp3) is 0.182. The molecule has 7 heteroatoms. The van der Waals surface area contributed by atoms with Crippen molar-refractivity contribution >= 4 is 23.5 Å². The van der Waals surface area contributed by atoms with Crippen molar-refractivity contribution in [1.29, 1.82) is 0 Å². The van der Waals surface area contributed by atoms with Crippen molar-refractivity contribution in [3.05, 3.63) is 83.2 Å². The van der Waals surface area contributed by atoms with Crippen LogP contribution in [0.25, 0.3) is 0 Å². The van der Waals surface area contributed by atoms with E-state index in [2.05, 4.69) is 20.6 Å². The van der Waals surface area contributed by atoms with Crippen LogP contribution in [0.15, 0.2) is 60.8 Å². The highest BCUT2D eigenvalue weighted by atomic mass is 16.5. The van der Waals surface area contributed by atoms with Crippen LogP contribution in [0.2, 0.25) is 0 Å². The van der Waals surface area contributed by atoms with Crippen LogP contribution in [0.1, 0.15) is 38.9 Å². The summed E-state index contributed by atoms with van der Waals surface area (Å²) in [7, 11) is 0. The first kappa shape index (κ1) is 20.0. The number of carbonyl (C=O) groups is 2. The topological polar surface area (TPSA) is 93.2 Å². The van der Waals surface area contributed by atoms with Gasteiger partial charge in [-0.3, -0.25) is 4.79 Å². The van der Waals surface area contributed by atoms with Crippen LogP contribution in [-0.2, 0) is 11.3 Å². The van der Waals surface area contributed by atoms with Gasteiger partial charge < -0.3 is 15.4 Å². The first-order valence-electron chi connectivity index (χ1n) is 9.26. The Hall–Kier alpha value is -3.74. The summed E-state index contributed by atoms with van der Waals surface area (Å²) in [6.07, 6.45) is 1.52. The third kappa shape index (κ3) is 5.62. The Balaban J connectivity index is 1.62. The summed E-state index contributed by atoms with van der Waals surface area (Å²) in [5.74, 6) is -0.368. The highest BCUT2D eigenvalue weighted by molar-refractivity contribution is 5.92. The molecule has 0 radical (unpaired) electrons. The van der Waals surface area contributed by atoms with Gasteiger partial charge in [0.1, 0.15) is 5.69 Å². The predicted octanol–water partition coefficient (Wildman–Crippen LogP) is 3.64. The van der Waals surface area contributed by atoms with E-state index in [4.69, 9.17) is 4.74 Å². The number of nitrogens with zero attached hydrogens (tertiary/aromatic N) is 2. The monoisotopic (exact) mass is 390 g/mol. The van der Waals surface area contributed by atoms with Crippen LogP contribution in [0.5, 0.6) is 0 Å². The molecule has 0 aliphatic carbocycles. The average molecular weight is 390 g/mol. The molecule has 1 aromatic heterocycles. The van der Waals surface area contributed by atoms with E-state index in [0.717, 1.165) is 5.56 Å².